The molecule has 0 saturated heterocycles. The zero-order chi connectivity index (χ0) is 10.7. The van der Waals surface area contributed by atoms with Crippen LogP contribution in [0.1, 0.15) is 5.56 Å². The Morgan fingerprint density at radius 1 is 1.47 bits per heavy atom. The van der Waals surface area contributed by atoms with E-state index in [0.717, 1.165) is 5.56 Å². The van der Waals surface area contributed by atoms with E-state index < -0.39 is 0 Å². The Kier molecular flexibility index (Phi) is 2.73. The molecule has 0 saturated carbocycles. The first-order valence-electron chi connectivity index (χ1n) is 4.59. The van der Waals surface area contributed by atoms with Crippen LogP contribution in [0.15, 0.2) is 30.9 Å². The maximum atomic E-state index is 13.6. The van der Waals surface area contributed by atoms with E-state index in [2.05, 4.69) is 15.4 Å². The number of benzene rings is 1. The molecule has 1 aromatic heterocycles. The molecule has 2 aromatic rings. The largest absolute Gasteiger partial charge is 0.316 e. The molecule has 0 aliphatic carbocycles. The van der Waals surface area contributed by atoms with Crippen LogP contribution < -0.4 is 5.32 Å². The smallest absolute Gasteiger partial charge is 0.149 e. The van der Waals surface area contributed by atoms with Crippen LogP contribution in [0.2, 0.25) is 0 Å². The van der Waals surface area contributed by atoms with Crippen LogP contribution in [-0.2, 0) is 6.54 Å². The van der Waals surface area contributed by atoms with E-state index in [1.165, 1.54) is 23.4 Å². The third-order valence-electron chi connectivity index (χ3n) is 2.06. The fourth-order valence-corrected chi connectivity index (χ4v) is 1.38. The van der Waals surface area contributed by atoms with Crippen LogP contribution in [0.4, 0.5) is 4.39 Å². The summed E-state index contributed by atoms with van der Waals surface area (Å²) < 4.78 is 15.0. The molecule has 0 unspecified atom stereocenters. The van der Waals surface area contributed by atoms with Gasteiger partial charge in [0.15, 0.2) is 0 Å². The van der Waals surface area contributed by atoms with E-state index in [9.17, 15) is 4.39 Å². The van der Waals surface area contributed by atoms with E-state index >= 15 is 0 Å². The summed E-state index contributed by atoms with van der Waals surface area (Å²) in [5.41, 5.74) is 1.31. The second-order valence-electron chi connectivity index (χ2n) is 3.16. The Bertz CT molecular complexity index is 439. The molecule has 0 aliphatic heterocycles. The van der Waals surface area contributed by atoms with Crippen molar-refractivity contribution < 1.29 is 4.39 Å². The van der Waals surface area contributed by atoms with Gasteiger partial charge in [-0.2, -0.15) is 5.10 Å². The number of nitrogens with one attached hydrogen (secondary N) is 1. The molecule has 0 radical (unpaired) electrons. The van der Waals surface area contributed by atoms with Gasteiger partial charge >= 0.3 is 0 Å². The Morgan fingerprint density at radius 3 is 2.93 bits per heavy atom. The minimum Gasteiger partial charge on any atom is -0.316 e. The van der Waals surface area contributed by atoms with E-state index in [1.54, 1.807) is 6.07 Å². The highest BCUT2D eigenvalue weighted by atomic mass is 19.1. The van der Waals surface area contributed by atoms with E-state index in [0.29, 0.717) is 12.2 Å². The van der Waals surface area contributed by atoms with Crippen LogP contribution in [0.5, 0.6) is 0 Å². The van der Waals surface area contributed by atoms with Crippen molar-refractivity contribution in [3.63, 3.8) is 0 Å². The van der Waals surface area contributed by atoms with Gasteiger partial charge in [0.05, 0.1) is 0 Å². The summed E-state index contributed by atoms with van der Waals surface area (Å²) in [4.78, 5) is 3.77. The summed E-state index contributed by atoms with van der Waals surface area (Å²) >= 11 is 0. The molecule has 0 fully saturated rings. The van der Waals surface area contributed by atoms with Crippen molar-refractivity contribution in [2.45, 2.75) is 6.54 Å². The summed E-state index contributed by atoms with van der Waals surface area (Å²) in [5, 5.41) is 6.84. The van der Waals surface area contributed by atoms with Crippen molar-refractivity contribution in [2.24, 2.45) is 0 Å². The Morgan fingerprint density at radius 2 is 2.33 bits per heavy atom. The van der Waals surface area contributed by atoms with Crippen LogP contribution in [-0.4, -0.2) is 21.8 Å². The number of nitrogens with zero attached hydrogens (tertiary/aromatic N) is 3. The number of aromatic nitrogens is 3. The minimum atomic E-state index is -0.298. The van der Waals surface area contributed by atoms with Gasteiger partial charge in [0.2, 0.25) is 0 Å². The number of hydrogen-bond acceptors (Lipinski definition) is 3. The quantitative estimate of drug-likeness (QED) is 0.818. The van der Waals surface area contributed by atoms with Crippen LogP contribution >= 0.6 is 0 Å². The Balaban J connectivity index is 2.35. The lowest BCUT2D eigenvalue weighted by molar-refractivity contribution is 0.607. The molecule has 4 nitrogen and oxygen atoms in total. The molecule has 2 rings (SSSR count). The summed E-state index contributed by atoms with van der Waals surface area (Å²) in [6.45, 7) is 0.647. The van der Waals surface area contributed by atoms with Crippen molar-refractivity contribution in [1.29, 1.82) is 0 Å². The van der Waals surface area contributed by atoms with Gasteiger partial charge in [0, 0.05) is 6.54 Å². The third kappa shape index (κ3) is 2.02. The average Bonchev–Trinajstić information content (AvgIpc) is 2.71. The van der Waals surface area contributed by atoms with Gasteiger partial charge in [-0.15, -0.1) is 0 Å². The zero-order valence-corrected chi connectivity index (χ0v) is 8.31. The average molecular weight is 206 g/mol. The highest BCUT2D eigenvalue weighted by Crippen LogP contribution is 2.13. The van der Waals surface area contributed by atoms with Gasteiger partial charge in [-0.05, 0) is 24.7 Å². The maximum absolute atomic E-state index is 13.6. The van der Waals surface area contributed by atoms with Crippen molar-refractivity contribution in [3.8, 4) is 5.69 Å². The lowest BCUT2D eigenvalue weighted by Crippen LogP contribution is -2.06. The van der Waals surface area contributed by atoms with Crippen LogP contribution in [0, 0.1) is 5.82 Å². The van der Waals surface area contributed by atoms with Crippen molar-refractivity contribution in [3.05, 3.63) is 42.2 Å². The fourth-order valence-electron chi connectivity index (χ4n) is 1.38. The van der Waals surface area contributed by atoms with E-state index in [-0.39, 0.29) is 5.82 Å². The molecule has 1 heterocycles. The number of hydrogen-bond donors (Lipinski definition) is 1. The SMILES string of the molecule is CNCc1ccc(-n2cncn2)c(F)c1. The molecule has 5 heteroatoms. The summed E-state index contributed by atoms with van der Waals surface area (Å²) in [6, 6.07) is 5.04. The fraction of sp³-hybridized carbons (Fsp3) is 0.200. The number of halogens is 1. The molecule has 0 atom stereocenters. The van der Waals surface area contributed by atoms with Crippen LogP contribution in [0.3, 0.4) is 0 Å². The molecule has 1 N–H and O–H groups in total. The van der Waals surface area contributed by atoms with E-state index in [4.69, 9.17) is 0 Å². The molecule has 15 heavy (non-hydrogen) atoms. The van der Waals surface area contributed by atoms with Crippen molar-refractivity contribution >= 4 is 0 Å². The summed E-state index contributed by atoms with van der Waals surface area (Å²) in [5.74, 6) is -0.298. The molecular weight excluding hydrogens is 195 g/mol. The Hall–Kier alpha value is -1.75. The van der Waals surface area contributed by atoms with Gasteiger partial charge < -0.3 is 5.32 Å². The standard InChI is InChI=1S/C10H11FN4/c1-12-5-8-2-3-10(9(11)4-8)15-7-13-6-14-15/h2-4,6-7,12H,5H2,1H3. The molecular formula is C10H11FN4. The van der Waals surface area contributed by atoms with Crippen LogP contribution in [0.25, 0.3) is 5.69 Å². The molecule has 0 amide bonds. The Labute approximate surface area is 86.8 Å². The highest BCUT2D eigenvalue weighted by Gasteiger charge is 2.05. The monoisotopic (exact) mass is 206 g/mol. The zero-order valence-electron chi connectivity index (χ0n) is 8.31. The molecule has 1 aromatic carbocycles. The molecule has 0 spiro atoms. The first-order valence-corrected chi connectivity index (χ1v) is 4.59. The minimum absolute atomic E-state index is 0.298. The van der Waals surface area contributed by atoms with Crippen molar-refractivity contribution in [1.82, 2.24) is 20.1 Å². The summed E-state index contributed by atoms with van der Waals surface area (Å²) in [7, 11) is 1.82. The van der Waals surface area contributed by atoms with Gasteiger partial charge in [0.25, 0.3) is 0 Å². The van der Waals surface area contributed by atoms with Gasteiger partial charge in [0.1, 0.15) is 24.2 Å². The first kappa shape index (κ1) is 9.79. The number of rotatable bonds is 3. The molecule has 0 bridgehead atoms. The maximum Gasteiger partial charge on any atom is 0.149 e. The first-order chi connectivity index (χ1) is 7.31. The third-order valence-corrected chi connectivity index (χ3v) is 2.06. The highest BCUT2D eigenvalue weighted by molar-refractivity contribution is 5.35. The van der Waals surface area contributed by atoms with E-state index in [1.807, 2.05) is 13.1 Å². The van der Waals surface area contributed by atoms with Crippen molar-refractivity contribution in [2.75, 3.05) is 7.05 Å². The molecule has 78 valence electrons. The lowest BCUT2D eigenvalue weighted by atomic mass is 10.2. The van der Waals surface area contributed by atoms with Gasteiger partial charge in [-0.25, -0.2) is 14.1 Å². The predicted molar refractivity (Wildman–Crippen MR) is 54.1 cm³/mol. The second-order valence-corrected chi connectivity index (χ2v) is 3.16. The molecule has 0 aliphatic rings. The lowest BCUT2D eigenvalue weighted by Gasteiger charge is -2.05. The van der Waals surface area contributed by atoms with Gasteiger partial charge in [-0.1, -0.05) is 6.07 Å². The topological polar surface area (TPSA) is 42.7 Å². The summed E-state index contributed by atoms with van der Waals surface area (Å²) in [6.07, 6.45) is 2.84. The normalized spacial score (nSPS) is 10.5. The van der Waals surface area contributed by atoms with Gasteiger partial charge in [-0.3, -0.25) is 0 Å². The predicted octanol–water partition coefficient (Wildman–Crippen LogP) is 1.13. The second kappa shape index (κ2) is 4.18.